The molecule has 3 amide bonds. The average molecular weight is 412 g/mol. The Labute approximate surface area is 168 Å². The van der Waals surface area contributed by atoms with Gasteiger partial charge in [0.2, 0.25) is 11.8 Å². The van der Waals surface area contributed by atoms with Crippen LogP contribution in [0, 0.1) is 5.92 Å². The minimum Gasteiger partial charge on any atom is -0.356 e. The maximum atomic E-state index is 12.6. The van der Waals surface area contributed by atoms with E-state index >= 15 is 0 Å². The number of hydrogen-bond donors (Lipinski definition) is 1. The number of piperazine rings is 1. The van der Waals surface area contributed by atoms with Crippen LogP contribution in [-0.4, -0.2) is 60.2 Å². The summed E-state index contributed by atoms with van der Waals surface area (Å²) in [6, 6.07) is 4.79. The van der Waals surface area contributed by atoms with Crippen molar-refractivity contribution in [2.24, 2.45) is 5.92 Å². The fourth-order valence-corrected chi connectivity index (χ4v) is 3.64. The summed E-state index contributed by atoms with van der Waals surface area (Å²) in [5, 5.41) is 3.72. The van der Waals surface area contributed by atoms with E-state index in [0.717, 1.165) is 12.8 Å². The van der Waals surface area contributed by atoms with Gasteiger partial charge in [0.1, 0.15) is 0 Å². The second kappa shape index (κ2) is 8.93. The third-order valence-corrected chi connectivity index (χ3v) is 5.28. The summed E-state index contributed by atoms with van der Waals surface area (Å²) in [5.74, 6) is 0.235. The van der Waals surface area contributed by atoms with E-state index in [4.69, 9.17) is 23.2 Å². The van der Waals surface area contributed by atoms with Crippen molar-refractivity contribution in [3.8, 4) is 0 Å². The van der Waals surface area contributed by atoms with Gasteiger partial charge in [-0.3, -0.25) is 14.4 Å². The SMILES string of the molecule is O=C(NCCCC(=O)N1CCN(C(=O)c2cc(Cl)cc(Cl)c2)CC1)C1CC1. The summed E-state index contributed by atoms with van der Waals surface area (Å²) in [4.78, 5) is 39.9. The van der Waals surface area contributed by atoms with E-state index in [1.165, 1.54) is 0 Å². The van der Waals surface area contributed by atoms with E-state index in [-0.39, 0.29) is 23.6 Å². The molecule has 1 aliphatic heterocycles. The van der Waals surface area contributed by atoms with E-state index in [2.05, 4.69) is 5.32 Å². The normalized spacial score (nSPS) is 17.0. The van der Waals surface area contributed by atoms with Gasteiger partial charge in [0.25, 0.3) is 5.91 Å². The van der Waals surface area contributed by atoms with Gasteiger partial charge >= 0.3 is 0 Å². The van der Waals surface area contributed by atoms with Crippen molar-refractivity contribution in [1.29, 1.82) is 0 Å². The largest absolute Gasteiger partial charge is 0.356 e. The van der Waals surface area contributed by atoms with Crippen LogP contribution in [0.3, 0.4) is 0 Å². The van der Waals surface area contributed by atoms with Crippen LogP contribution in [0.4, 0.5) is 0 Å². The Morgan fingerprint density at radius 3 is 2.15 bits per heavy atom. The van der Waals surface area contributed by atoms with E-state index in [0.29, 0.717) is 61.2 Å². The van der Waals surface area contributed by atoms with Gasteiger partial charge < -0.3 is 15.1 Å². The zero-order valence-electron chi connectivity index (χ0n) is 15.0. The molecule has 6 nitrogen and oxygen atoms in total. The molecule has 1 saturated carbocycles. The Kier molecular flexibility index (Phi) is 6.60. The topological polar surface area (TPSA) is 69.7 Å². The van der Waals surface area contributed by atoms with Crippen LogP contribution in [0.5, 0.6) is 0 Å². The molecule has 3 rings (SSSR count). The Morgan fingerprint density at radius 1 is 0.963 bits per heavy atom. The maximum absolute atomic E-state index is 12.6. The first kappa shape index (κ1) is 20.0. The van der Waals surface area contributed by atoms with Crippen molar-refractivity contribution < 1.29 is 14.4 Å². The van der Waals surface area contributed by atoms with Crippen LogP contribution in [0.1, 0.15) is 36.0 Å². The van der Waals surface area contributed by atoms with Gasteiger partial charge in [-0.25, -0.2) is 0 Å². The van der Waals surface area contributed by atoms with Crippen molar-refractivity contribution in [2.75, 3.05) is 32.7 Å². The standard InChI is InChI=1S/C19H23Cl2N3O3/c20-15-10-14(11-16(21)12-15)19(27)24-8-6-23(7-9-24)17(25)2-1-5-22-18(26)13-3-4-13/h10-13H,1-9H2,(H,22,26). The molecule has 0 radical (unpaired) electrons. The molecule has 0 bridgehead atoms. The molecule has 8 heteroatoms. The average Bonchev–Trinajstić information content (AvgIpc) is 3.49. The Bertz CT molecular complexity index is 709. The van der Waals surface area contributed by atoms with Crippen molar-refractivity contribution >= 4 is 40.9 Å². The van der Waals surface area contributed by atoms with Gasteiger partial charge in [-0.1, -0.05) is 23.2 Å². The zero-order chi connectivity index (χ0) is 19.4. The van der Waals surface area contributed by atoms with Crippen molar-refractivity contribution in [2.45, 2.75) is 25.7 Å². The van der Waals surface area contributed by atoms with Gasteiger partial charge in [0, 0.05) is 60.7 Å². The molecule has 2 aliphatic rings. The molecule has 27 heavy (non-hydrogen) atoms. The highest BCUT2D eigenvalue weighted by atomic mass is 35.5. The highest BCUT2D eigenvalue weighted by Gasteiger charge is 2.29. The molecular formula is C19H23Cl2N3O3. The third-order valence-electron chi connectivity index (χ3n) is 4.84. The van der Waals surface area contributed by atoms with Crippen LogP contribution in [0.25, 0.3) is 0 Å². The van der Waals surface area contributed by atoms with Gasteiger partial charge in [-0.05, 0) is 37.5 Å². The third kappa shape index (κ3) is 5.59. The van der Waals surface area contributed by atoms with E-state index in [9.17, 15) is 14.4 Å². The van der Waals surface area contributed by atoms with Crippen molar-refractivity contribution in [3.63, 3.8) is 0 Å². The van der Waals surface area contributed by atoms with E-state index in [1.807, 2.05) is 0 Å². The first-order chi connectivity index (χ1) is 12.9. The first-order valence-electron chi connectivity index (χ1n) is 9.25. The van der Waals surface area contributed by atoms with Crippen LogP contribution < -0.4 is 5.32 Å². The molecule has 1 N–H and O–H groups in total. The Hall–Kier alpha value is -1.79. The van der Waals surface area contributed by atoms with Crippen LogP contribution in [0.2, 0.25) is 10.0 Å². The quantitative estimate of drug-likeness (QED) is 0.731. The zero-order valence-corrected chi connectivity index (χ0v) is 16.6. The van der Waals surface area contributed by atoms with Crippen LogP contribution in [-0.2, 0) is 9.59 Å². The molecule has 0 aromatic heterocycles. The molecule has 1 heterocycles. The number of carbonyl (C=O) groups is 3. The minimum absolute atomic E-state index is 0.0635. The Balaban J connectivity index is 1.40. The number of hydrogen-bond acceptors (Lipinski definition) is 3. The van der Waals surface area contributed by atoms with E-state index in [1.54, 1.807) is 28.0 Å². The minimum atomic E-state index is -0.130. The molecule has 0 unspecified atom stereocenters. The summed E-state index contributed by atoms with van der Waals surface area (Å²) in [7, 11) is 0. The summed E-state index contributed by atoms with van der Waals surface area (Å²) in [5.41, 5.74) is 0.457. The summed E-state index contributed by atoms with van der Waals surface area (Å²) in [6.07, 6.45) is 3.00. The highest BCUT2D eigenvalue weighted by molar-refractivity contribution is 6.35. The lowest BCUT2D eigenvalue weighted by Crippen LogP contribution is -2.50. The molecule has 1 saturated heterocycles. The molecule has 1 aromatic rings. The second-order valence-electron chi connectivity index (χ2n) is 7.00. The molecule has 1 aliphatic carbocycles. The lowest BCUT2D eigenvalue weighted by molar-refractivity contribution is -0.133. The Morgan fingerprint density at radius 2 is 1.56 bits per heavy atom. The van der Waals surface area contributed by atoms with Crippen molar-refractivity contribution in [1.82, 2.24) is 15.1 Å². The number of rotatable bonds is 6. The van der Waals surface area contributed by atoms with Gasteiger partial charge in [0.05, 0.1) is 0 Å². The lowest BCUT2D eigenvalue weighted by atomic mass is 10.1. The fraction of sp³-hybridized carbons (Fsp3) is 0.526. The predicted octanol–water partition coefficient (Wildman–Crippen LogP) is 2.58. The summed E-state index contributed by atoms with van der Waals surface area (Å²) >= 11 is 11.9. The fourth-order valence-electron chi connectivity index (χ4n) is 3.12. The molecular weight excluding hydrogens is 389 g/mol. The summed E-state index contributed by atoms with van der Waals surface area (Å²) in [6.45, 7) is 2.51. The first-order valence-corrected chi connectivity index (χ1v) is 10.0. The number of nitrogens with zero attached hydrogens (tertiary/aromatic N) is 2. The van der Waals surface area contributed by atoms with E-state index < -0.39 is 0 Å². The number of amides is 3. The molecule has 0 spiro atoms. The highest BCUT2D eigenvalue weighted by Crippen LogP contribution is 2.28. The second-order valence-corrected chi connectivity index (χ2v) is 7.87. The maximum Gasteiger partial charge on any atom is 0.254 e. The predicted molar refractivity (Wildman–Crippen MR) is 104 cm³/mol. The van der Waals surface area contributed by atoms with Gasteiger partial charge in [0.15, 0.2) is 0 Å². The summed E-state index contributed by atoms with van der Waals surface area (Å²) < 4.78 is 0. The van der Waals surface area contributed by atoms with Crippen molar-refractivity contribution in [3.05, 3.63) is 33.8 Å². The van der Waals surface area contributed by atoms with Crippen LogP contribution in [0.15, 0.2) is 18.2 Å². The molecule has 1 aromatic carbocycles. The number of nitrogens with one attached hydrogen (secondary N) is 1. The van der Waals surface area contributed by atoms with Crippen LogP contribution >= 0.6 is 23.2 Å². The molecule has 0 atom stereocenters. The van der Waals surface area contributed by atoms with Gasteiger partial charge in [-0.15, -0.1) is 0 Å². The van der Waals surface area contributed by atoms with Gasteiger partial charge in [-0.2, -0.15) is 0 Å². The molecule has 2 fully saturated rings. The molecule has 146 valence electrons. The number of carbonyl (C=O) groups excluding carboxylic acids is 3. The lowest BCUT2D eigenvalue weighted by Gasteiger charge is -2.35. The number of benzene rings is 1. The monoisotopic (exact) mass is 411 g/mol. The number of halogens is 2. The smallest absolute Gasteiger partial charge is 0.254 e.